The molecular formula is C8H12OSSn. The molecule has 0 aliphatic rings. The van der Waals surface area contributed by atoms with Crippen molar-refractivity contribution in [3.63, 3.8) is 0 Å². The first-order valence-electron chi connectivity index (χ1n) is 3.59. The first kappa shape index (κ1) is 9.26. The summed E-state index contributed by atoms with van der Waals surface area (Å²) in [6, 6.07) is 2.12. The average Bonchev–Trinajstić information content (AvgIpc) is 2.31. The molecule has 1 rings (SSSR count). The van der Waals surface area contributed by atoms with Crippen LogP contribution in [-0.2, 0) is 0 Å². The van der Waals surface area contributed by atoms with E-state index < -0.39 is 18.4 Å². The van der Waals surface area contributed by atoms with Crippen molar-refractivity contribution in [1.29, 1.82) is 0 Å². The Bertz CT molecular complexity index is 259. The van der Waals surface area contributed by atoms with Crippen molar-refractivity contribution in [2.45, 2.75) is 14.8 Å². The maximum absolute atomic E-state index is 10.6. The third kappa shape index (κ3) is 2.06. The monoisotopic (exact) mass is 276 g/mol. The van der Waals surface area contributed by atoms with Crippen molar-refractivity contribution >= 4 is 39.6 Å². The molecule has 0 amide bonds. The summed E-state index contributed by atoms with van der Waals surface area (Å²) in [7, 11) is 0. The summed E-state index contributed by atoms with van der Waals surface area (Å²) in [6.07, 6.45) is 0.988. The molecule has 1 heterocycles. The van der Waals surface area contributed by atoms with Gasteiger partial charge in [0.2, 0.25) is 0 Å². The number of thiophene rings is 1. The quantitative estimate of drug-likeness (QED) is 0.596. The van der Waals surface area contributed by atoms with E-state index in [-0.39, 0.29) is 0 Å². The Morgan fingerprint density at radius 1 is 1.45 bits per heavy atom. The summed E-state index contributed by atoms with van der Waals surface area (Å²) in [5.41, 5.74) is 0. The van der Waals surface area contributed by atoms with Crippen LogP contribution in [0.1, 0.15) is 9.67 Å². The first-order chi connectivity index (χ1) is 5.05. The number of hydrogen-bond donors (Lipinski definition) is 0. The Morgan fingerprint density at radius 2 is 2.09 bits per heavy atom. The van der Waals surface area contributed by atoms with Crippen molar-refractivity contribution < 1.29 is 4.79 Å². The van der Waals surface area contributed by atoms with Crippen LogP contribution >= 0.6 is 11.3 Å². The van der Waals surface area contributed by atoms with E-state index in [1.54, 1.807) is 11.3 Å². The molecule has 0 aromatic carbocycles. The van der Waals surface area contributed by atoms with Crippen LogP contribution in [-0.4, -0.2) is 24.7 Å². The summed E-state index contributed by atoms with van der Waals surface area (Å²) in [4.78, 5) is 18.5. The number of carbonyl (C=O) groups is 1. The molecule has 0 spiro atoms. The average molecular weight is 275 g/mol. The van der Waals surface area contributed by atoms with Gasteiger partial charge < -0.3 is 0 Å². The molecule has 0 unspecified atom stereocenters. The second-order valence-corrected chi connectivity index (χ2v) is 18.9. The molecule has 0 saturated carbocycles. The van der Waals surface area contributed by atoms with E-state index in [1.807, 2.05) is 5.38 Å². The fourth-order valence-corrected chi connectivity index (χ4v) is 8.48. The fraction of sp³-hybridized carbons (Fsp3) is 0.375. The molecule has 0 fully saturated rings. The van der Waals surface area contributed by atoms with Gasteiger partial charge >= 0.3 is 75.5 Å². The fourth-order valence-electron chi connectivity index (χ4n) is 1.03. The second kappa shape index (κ2) is 3.27. The summed E-state index contributed by atoms with van der Waals surface area (Å²) in [5, 5.41) is 2.02. The predicted molar refractivity (Wildman–Crippen MR) is 52.7 cm³/mol. The van der Waals surface area contributed by atoms with Gasteiger partial charge in [-0.2, -0.15) is 0 Å². The topological polar surface area (TPSA) is 17.1 Å². The second-order valence-electron chi connectivity index (χ2n) is 3.57. The van der Waals surface area contributed by atoms with Crippen molar-refractivity contribution in [3.8, 4) is 0 Å². The molecule has 0 bridgehead atoms. The molecule has 1 aromatic heterocycles. The third-order valence-electron chi connectivity index (χ3n) is 1.61. The summed E-state index contributed by atoms with van der Waals surface area (Å²) < 4.78 is 1.36. The van der Waals surface area contributed by atoms with Gasteiger partial charge in [-0.25, -0.2) is 0 Å². The van der Waals surface area contributed by atoms with Crippen LogP contribution in [0.25, 0.3) is 0 Å². The van der Waals surface area contributed by atoms with Gasteiger partial charge in [0, 0.05) is 0 Å². The molecule has 0 N–H and O–H groups in total. The van der Waals surface area contributed by atoms with Crippen molar-refractivity contribution in [3.05, 3.63) is 16.3 Å². The standard InChI is InChI=1S/C5H3OS.3CH3.Sn/c6-4-5-2-1-3-7-5;;;;/h1,3-4H;3*1H3;. The number of rotatable bonds is 2. The number of hydrogen-bond acceptors (Lipinski definition) is 2. The van der Waals surface area contributed by atoms with Crippen LogP contribution in [0.4, 0.5) is 0 Å². The van der Waals surface area contributed by atoms with Crippen molar-refractivity contribution in [1.82, 2.24) is 0 Å². The zero-order valence-electron chi connectivity index (χ0n) is 7.05. The SMILES string of the molecule is [CH3][Sn]([CH3])([CH3])[c]1ccsc1C=O. The van der Waals surface area contributed by atoms with E-state index in [9.17, 15) is 4.79 Å². The van der Waals surface area contributed by atoms with Gasteiger partial charge in [-0.15, -0.1) is 0 Å². The Kier molecular flexibility index (Phi) is 2.75. The Hall–Kier alpha value is 0.169. The molecule has 0 aliphatic heterocycles. The van der Waals surface area contributed by atoms with Crippen LogP contribution in [0.3, 0.4) is 0 Å². The normalized spacial score (nSPS) is 11.5. The van der Waals surface area contributed by atoms with Crippen molar-refractivity contribution in [2.24, 2.45) is 0 Å². The van der Waals surface area contributed by atoms with E-state index in [1.165, 1.54) is 3.58 Å². The van der Waals surface area contributed by atoms with Crippen LogP contribution < -0.4 is 3.58 Å². The van der Waals surface area contributed by atoms with Crippen LogP contribution in [0.2, 0.25) is 14.8 Å². The molecule has 0 atom stereocenters. The third-order valence-corrected chi connectivity index (χ3v) is 8.83. The van der Waals surface area contributed by atoms with Crippen molar-refractivity contribution in [2.75, 3.05) is 0 Å². The Labute approximate surface area is 75.3 Å². The van der Waals surface area contributed by atoms with Gasteiger partial charge in [0.25, 0.3) is 0 Å². The summed E-state index contributed by atoms with van der Waals surface area (Å²) in [5.74, 6) is 0. The molecule has 3 heteroatoms. The van der Waals surface area contributed by atoms with Crippen LogP contribution in [0.5, 0.6) is 0 Å². The Morgan fingerprint density at radius 3 is 2.45 bits per heavy atom. The molecule has 0 saturated heterocycles. The van der Waals surface area contributed by atoms with E-state index in [0.717, 1.165) is 11.2 Å². The molecule has 11 heavy (non-hydrogen) atoms. The van der Waals surface area contributed by atoms with E-state index in [0.29, 0.717) is 0 Å². The zero-order valence-corrected chi connectivity index (χ0v) is 10.7. The van der Waals surface area contributed by atoms with Crippen LogP contribution in [0.15, 0.2) is 11.4 Å². The van der Waals surface area contributed by atoms with E-state index in [4.69, 9.17) is 0 Å². The summed E-state index contributed by atoms with van der Waals surface area (Å²) in [6.45, 7) is 0. The molecular weight excluding hydrogens is 263 g/mol. The van der Waals surface area contributed by atoms with Gasteiger partial charge in [-0.3, -0.25) is 0 Å². The van der Waals surface area contributed by atoms with Gasteiger partial charge in [0.05, 0.1) is 0 Å². The number of aldehydes is 1. The maximum atomic E-state index is 10.6. The summed E-state index contributed by atoms with van der Waals surface area (Å²) >= 11 is -0.403. The first-order valence-corrected chi connectivity index (χ1v) is 14.5. The molecule has 60 valence electrons. The molecule has 0 aliphatic carbocycles. The minimum absolute atomic E-state index is 0.952. The van der Waals surface area contributed by atoms with Crippen LogP contribution in [0, 0.1) is 0 Å². The van der Waals surface area contributed by atoms with E-state index >= 15 is 0 Å². The minimum atomic E-state index is -1.96. The zero-order chi connectivity index (χ0) is 8.48. The van der Waals surface area contributed by atoms with E-state index in [2.05, 4.69) is 20.9 Å². The molecule has 0 radical (unpaired) electrons. The van der Waals surface area contributed by atoms with Gasteiger partial charge in [-0.1, -0.05) is 0 Å². The predicted octanol–water partition coefficient (Wildman–Crippen LogP) is 2.11. The van der Waals surface area contributed by atoms with Gasteiger partial charge in [-0.05, 0) is 0 Å². The molecule has 1 nitrogen and oxygen atoms in total. The van der Waals surface area contributed by atoms with Gasteiger partial charge in [0.1, 0.15) is 0 Å². The number of carbonyl (C=O) groups excluding carboxylic acids is 1. The Balaban J connectivity index is 3.12. The molecule has 1 aromatic rings. The van der Waals surface area contributed by atoms with Gasteiger partial charge in [0.15, 0.2) is 0 Å².